The van der Waals surface area contributed by atoms with Gasteiger partial charge in [0.25, 0.3) is 0 Å². The molecule has 0 aliphatic carbocycles. The average molecular weight is 390 g/mol. The number of methoxy groups -OCH3 is 1. The molecule has 0 unspecified atom stereocenters. The Morgan fingerprint density at radius 2 is 1.57 bits per heavy atom. The number of hydrogen-bond acceptors (Lipinski definition) is 6. The number of Topliss-reactive ketones (excluding diaryl/α,β-unsaturated/α-hetero) is 1. The standard InChI is InChI=1S/C22H30O6/c1-21(2,13-8-9-15-23)20(26)28-18-11-7-6-10-16(18)17(24)12-14-22(3,4)19(25)27-5/h6-7,10-11,15H,8-9,12-14H2,1-5H3. The smallest absolute Gasteiger partial charge is 0.316 e. The van der Waals surface area contributed by atoms with Crippen LogP contribution in [0.1, 0.15) is 70.2 Å². The van der Waals surface area contributed by atoms with Crippen molar-refractivity contribution < 1.29 is 28.7 Å². The van der Waals surface area contributed by atoms with Crippen molar-refractivity contribution in [2.45, 2.75) is 59.8 Å². The summed E-state index contributed by atoms with van der Waals surface area (Å²) < 4.78 is 10.3. The Kier molecular flexibility index (Phi) is 8.54. The summed E-state index contributed by atoms with van der Waals surface area (Å²) in [5.74, 6) is -0.832. The molecule has 154 valence electrons. The van der Waals surface area contributed by atoms with Crippen molar-refractivity contribution in [3.8, 4) is 5.75 Å². The first-order valence-corrected chi connectivity index (χ1v) is 9.41. The first-order chi connectivity index (χ1) is 13.0. The zero-order valence-electron chi connectivity index (χ0n) is 17.4. The summed E-state index contributed by atoms with van der Waals surface area (Å²) in [5.41, 5.74) is -1.25. The predicted octanol–water partition coefficient (Wildman–Crippen LogP) is 4.15. The van der Waals surface area contributed by atoms with Gasteiger partial charge in [-0.05, 0) is 59.1 Å². The third-order valence-corrected chi connectivity index (χ3v) is 4.78. The second-order valence-corrected chi connectivity index (χ2v) is 8.13. The van der Waals surface area contributed by atoms with Gasteiger partial charge in [-0.25, -0.2) is 0 Å². The van der Waals surface area contributed by atoms with Gasteiger partial charge in [0, 0.05) is 12.8 Å². The van der Waals surface area contributed by atoms with E-state index in [4.69, 9.17) is 9.47 Å². The fourth-order valence-electron chi connectivity index (χ4n) is 2.69. The molecule has 0 bridgehead atoms. The van der Waals surface area contributed by atoms with Crippen LogP contribution in [-0.2, 0) is 19.1 Å². The fraction of sp³-hybridized carbons (Fsp3) is 0.545. The predicted molar refractivity (Wildman–Crippen MR) is 105 cm³/mol. The SMILES string of the molecule is COC(=O)C(C)(C)CCC(=O)c1ccccc1OC(=O)C(C)(C)CCCC=O. The van der Waals surface area contributed by atoms with Gasteiger partial charge in [-0.2, -0.15) is 0 Å². The highest BCUT2D eigenvalue weighted by Crippen LogP contribution is 2.30. The number of esters is 2. The number of aldehydes is 1. The van der Waals surface area contributed by atoms with E-state index in [9.17, 15) is 19.2 Å². The summed E-state index contributed by atoms with van der Waals surface area (Å²) in [7, 11) is 1.32. The molecule has 0 saturated carbocycles. The van der Waals surface area contributed by atoms with Gasteiger partial charge in [-0.15, -0.1) is 0 Å². The molecular formula is C22H30O6. The normalized spacial score (nSPS) is 11.6. The van der Waals surface area contributed by atoms with Crippen LogP contribution in [-0.4, -0.2) is 31.1 Å². The van der Waals surface area contributed by atoms with Gasteiger partial charge in [0.1, 0.15) is 12.0 Å². The van der Waals surface area contributed by atoms with Crippen LogP contribution in [0.5, 0.6) is 5.75 Å². The molecule has 1 aromatic rings. The topological polar surface area (TPSA) is 86.7 Å². The molecule has 28 heavy (non-hydrogen) atoms. The lowest BCUT2D eigenvalue weighted by Gasteiger charge is -2.23. The summed E-state index contributed by atoms with van der Waals surface area (Å²) >= 11 is 0. The van der Waals surface area contributed by atoms with E-state index in [2.05, 4.69) is 0 Å². The molecule has 0 spiro atoms. The molecular weight excluding hydrogens is 360 g/mol. The van der Waals surface area contributed by atoms with Crippen molar-refractivity contribution in [3.05, 3.63) is 29.8 Å². The molecule has 0 aliphatic rings. The maximum Gasteiger partial charge on any atom is 0.316 e. The maximum absolute atomic E-state index is 12.7. The van der Waals surface area contributed by atoms with Gasteiger partial charge in [-0.3, -0.25) is 14.4 Å². The Hall–Kier alpha value is -2.50. The molecule has 0 N–H and O–H groups in total. The number of ketones is 1. The van der Waals surface area contributed by atoms with Gasteiger partial charge >= 0.3 is 11.9 Å². The van der Waals surface area contributed by atoms with Crippen LogP contribution in [0.25, 0.3) is 0 Å². The zero-order chi connectivity index (χ0) is 21.4. The van der Waals surface area contributed by atoms with E-state index in [0.717, 1.165) is 6.29 Å². The summed E-state index contributed by atoms with van der Waals surface area (Å²) in [6.45, 7) is 6.95. The number of carbonyl (C=O) groups is 4. The minimum absolute atomic E-state index is 0.124. The lowest BCUT2D eigenvalue weighted by atomic mass is 9.86. The second kappa shape index (κ2) is 10.2. The molecule has 0 radical (unpaired) electrons. The summed E-state index contributed by atoms with van der Waals surface area (Å²) in [5, 5.41) is 0. The van der Waals surface area contributed by atoms with Crippen LogP contribution in [0.4, 0.5) is 0 Å². The molecule has 0 fully saturated rings. The van der Waals surface area contributed by atoms with Gasteiger partial charge in [0.15, 0.2) is 5.78 Å². The van der Waals surface area contributed by atoms with Gasteiger partial charge in [0.2, 0.25) is 0 Å². The molecule has 0 aliphatic heterocycles. The fourth-order valence-corrected chi connectivity index (χ4v) is 2.69. The lowest BCUT2D eigenvalue weighted by Crippen LogP contribution is -2.29. The zero-order valence-corrected chi connectivity index (χ0v) is 17.4. The van der Waals surface area contributed by atoms with Crippen molar-refractivity contribution in [3.63, 3.8) is 0 Å². The van der Waals surface area contributed by atoms with Gasteiger partial charge < -0.3 is 14.3 Å². The monoisotopic (exact) mass is 390 g/mol. The maximum atomic E-state index is 12.7. The largest absolute Gasteiger partial charge is 0.469 e. The van der Waals surface area contributed by atoms with E-state index in [-0.39, 0.29) is 23.9 Å². The number of unbranched alkanes of at least 4 members (excludes halogenated alkanes) is 1. The Bertz CT molecular complexity index is 717. The molecule has 0 atom stereocenters. The highest BCUT2D eigenvalue weighted by Gasteiger charge is 2.32. The van der Waals surface area contributed by atoms with Gasteiger partial charge in [-0.1, -0.05) is 12.1 Å². The third kappa shape index (κ3) is 6.59. The Balaban J connectivity index is 2.87. The number of benzene rings is 1. The van der Waals surface area contributed by atoms with Crippen LogP contribution in [0.2, 0.25) is 0 Å². The van der Waals surface area contributed by atoms with Crippen molar-refractivity contribution in [1.82, 2.24) is 0 Å². The van der Waals surface area contributed by atoms with Crippen molar-refractivity contribution in [1.29, 1.82) is 0 Å². The van der Waals surface area contributed by atoms with Crippen LogP contribution < -0.4 is 4.74 Å². The number of carbonyl (C=O) groups excluding carboxylic acids is 4. The number of para-hydroxylation sites is 1. The first-order valence-electron chi connectivity index (χ1n) is 9.41. The number of rotatable bonds is 11. The molecule has 6 heteroatoms. The average Bonchev–Trinajstić information content (AvgIpc) is 2.65. The molecule has 1 aromatic carbocycles. The number of ether oxygens (including phenoxy) is 2. The first kappa shape index (κ1) is 23.5. The third-order valence-electron chi connectivity index (χ3n) is 4.78. The summed E-state index contributed by atoms with van der Waals surface area (Å²) in [6, 6.07) is 6.58. The Morgan fingerprint density at radius 1 is 0.964 bits per heavy atom. The molecule has 0 saturated heterocycles. The van der Waals surface area contributed by atoms with E-state index in [1.165, 1.54) is 7.11 Å². The summed E-state index contributed by atoms with van der Waals surface area (Å²) in [6.07, 6.45) is 2.76. The van der Waals surface area contributed by atoms with Crippen LogP contribution >= 0.6 is 0 Å². The highest BCUT2D eigenvalue weighted by molar-refractivity contribution is 5.99. The Labute approximate surface area is 166 Å². The highest BCUT2D eigenvalue weighted by atomic mass is 16.5. The molecule has 6 nitrogen and oxygen atoms in total. The van der Waals surface area contributed by atoms with Crippen molar-refractivity contribution in [2.24, 2.45) is 10.8 Å². The second-order valence-electron chi connectivity index (χ2n) is 8.13. The van der Waals surface area contributed by atoms with Crippen molar-refractivity contribution >= 4 is 24.0 Å². The van der Waals surface area contributed by atoms with E-state index >= 15 is 0 Å². The quantitative estimate of drug-likeness (QED) is 0.185. The lowest BCUT2D eigenvalue weighted by molar-refractivity contribution is -0.151. The van der Waals surface area contributed by atoms with E-state index in [0.29, 0.717) is 31.2 Å². The summed E-state index contributed by atoms with van der Waals surface area (Å²) in [4.78, 5) is 47.5. The number of hydrogen-bond donors (Lipinski definition) is 0. The van der Waals surface area contributed by atoms with Crippen LogP contribution in [0, 0.1) is 10.8 Å². The minimum atomic E-state index is -0.781. The van der Waals surface area contributed by atoms with E-state index in [1.807, 2.05) is 0 Å². The molecule has 0 aromatic heterocycles. The van der Waals surface area contributed by atoms with Gasteiger partial charge in [0.05, 0.1) is 23.5 Å². The minimum Gasteiger partial charge on any atom is -0.469 e. The Morgan fingerprint density at radius 3 is 2.18 bits per heavy atom. The van der Waals surface area contributed by atoms with E-state index in [1.54, 1.807) is 52.0 Å². The van der Waals surface area contributed by atoms with Crippen LogP contribution in [0.3, 0.4) is 0 Å². The van der Waals surface area contributed by atoms with E-state index < -0.39 is 16.8 Å². The van der Waals surface area contributed by atoms with Crippen molar-refractivity contribution in [2.75, 3.05) is 7.11 Å². The molecule has 1 rings (SSSR count). The van der Waals surface area contributed by atoms with Crippen LogP contribution in [0.15, 0.2) is 24.3 Å². The molecule has 0 heterocycles. The molecule has 0 amide bonds.